The van der Waals surface area contributed by atoms with Crippen molar-refractivity contribution in [2.45, 2.75) is 30.6 Å². The zero-order chi connectivity index (χ0) is 30.1. The zero-order valence-corrected chi connectivity index (χ0v) is 23.0. The molecule has 0 radical (unpaired) electrons. The van der Waals surface area contributed by atoms with Gasteiger partial charge in [0.1, 0.15) is 18.1 Å². The molecule has 0 saturated carbocycles. The lowest BCUT2D eigenvalue weighted by atomic mass is 10.2. The third kappa shape index (κ3) is 15.1. The van der Waals surface area contributed by atoms with Crippen molar-refractivity contribution in [1.82, 2.24) is 31.9 Å². The Balaban J connectivity index is 4.67. The van der Waals surface area contributed by atoms with E-state index in [2.05, 4.69) is 64.5 Å². The van der Waals surface area contributed by atoms with Gasteiger partial charge in [0.05, 0.1) is 32.1 Å². The third-order valence-electron chi connectivity index (χ3n) is 4.48. The number of thiol groups is 3. The number of carbonyl (C=O) groups is 8. The molecule has 17 nitrogen and oxygen atoms in total. The van der Waals surface area contributed by atoms with Gasteiger partial charge >= 0.3 is 11.9 Å². The third-order valence-corrected chi connectivity index (χ3v) is 5.61. The highest BCUT2D eigenvalue weighted by Crippen LogP contribution is 1.94. The van der Waals surface area contributed by atoms with Gasteiger partial charge in [0.2, 0.25) is 35.4 Å². The zero-order valence-electron chi connectivity index (χ0n) is 20.3. The monoisotopic (exact) mass is 613 g/mol. The topological polar surface area (TPSA) is 275 Å². The first kappa shape index (κ1) is 35.8. The SMILES string of the molecule is N[C@@H](CS)C(=O)NCC(=O)N[C@@H](CS)C(=O)NCC(=O)N[C@@H](CS)C(=O)NCC(=O)N[C@@H](CC(=O)O)C(=O)O. The molecule has 4 atom stereocenters. The molecule has 39 heavy (non-hydrogen) atoms. The molecule has 0 bridgehead atoms. The highest BCUT2D eigenvalue weighted by atomic mass is 32.1. The molecule has 0 heterocycles. The van der Waals surface area contributed by atoms with Crippen molar-refractivity contribution in [3.05, 3.63) is 0 Å². The van der Waals surface area contributed by atoms with Crippen LogP contribution in [-0.4, -0.2) is 119 Å². The summed E-state index contributed by atoms with van der Waals surface area (Å²) < 4.78 is 0. The number of nitrogens with two attached hydrogens (primary N) is 1. The number of carboxylic acid groups (broad SMARTS) is 2. The van der Waals surface area contributed by atoms with E-state index in [4.69, 9.17) is 15.9 Å². The van der Waals surface area contributed by atoms with E-state index in [9.17, 15) is 38.4 Å². The molecule has 0 aromatic heterocycles. The first-order valence-corrected chi connectivity index (χ1v) is 12.9. The van der Waals surface area contributed by atoms with E-state index in [-0.39, 0.29) is 17.3 Å². The first-order valence-electron chi connectivity index (χ1n) is 11.0. The van der Waals surface area contributed by atoms with Gasteiger partial charge in [-0.2, -0.15) is 37.9 Å². The molecule has 220 valence electrons. The fourth-order valence-electron chi connectivity index (χ4n) is 2.46. The fourth-order valence-corrected chi connectivity index (χ4v) is 3.14. The molecule has 0 aliphatic heterocycles. The summed E-state index contributed by atoms with van der Waals surface area (Å²) in [7, 11) is 0. The summed E-state index contributed by atoms with van der Waals surface area (Å²) in [5, 5.41) is 30.8. The van der Waals surface area contributed by atoms with Gasteiger partial charge in [-0.25, -0.2) is 4.79 Å². The summed E-state index contributed by atoms with van der Waals surface area (Å²) in [4.78, 5) is 93.8. The van der Waals surface area contributed by atoms with Crippen LogP contribution in [0.5, 0.6) is 0 Å². The Bertz CT molecular complexity index is 940. The van der Waals surface area contributed by atoms with E-state index in [0.29, 0.717) is 0 Å². The van der Waals surface area contributed by atoms with Crippen LogP contribution in [0.3, 0.4) is 0 Å². The van der Waals surface area contributed by atoms with Crippen LogP contribution in [0.2, 0.25) is 0 Å². The summed E-state index contributed by atoms with van der Waals surface area (Å²) in [5.74, 6) is -8.16. The largest absolute Gasteiger partial charge is 0.481 e. The van der Waals surface area contributed by atoms with Crippen molar-refractivity contribution in [1.29, 1.82) is 0 Å². The lowest BCUT2D eigenvalue weighted by Crippen LogP contribution is -2.55. The summed E-state index contributed by atoms with van der Waals surface area (Å²) in [6.07, 6.45) is -0.879. The molecule has 0 aliphatic rings. The molecular weight excluding hydrogens is 582 g/mol. The van der Waals surface area contributed by atoms with Gasteiger partial charge in [-0.3, -0.25) is 33.6 Å². The van der Waals surface area contributed by atoms with Crippen LogP contribution in [0.1, 0.15) is 6.42 Å². The molecule has 0 fully saturated rings. The van der Waals surface area contributed by atoms with E-state index >= 15 is 0 Å². The summed E-state index contributed by atoms with van der Waals surface area (Å²) >= 11 is 11.8. The van der Waals surface area contributed by atoms with Gasteiger partial charge in [-0.1, -0.05) is 0 Å². The molecule has 0 saturated heterocycles. The number of hydrogen-bond acceptors (Lipinski definition) is 12. The van der Waals surface area contributed by atoms with E-state index in [1.165, 1.54) is 0 Å². The Kier molecular flexibility index (Phi) is 17.4. The molecule has 0 spiro atoms. The maximum Gasteiger partial charge on any atom is 0.326 e. The number of carbonyl (C=O) groups excluding carboxylic acids is 6. The average molecular weight is 614 g/mol. The molecule has 20 heteroatoms. The smallest absolute Gasteiger partial charge is 0.326 e. The highest BCUT2D eigenvalue weighted by Gasteiger charge is 2.25. The van der Waals surface area contributed by atoms with Gasteiger partial charge in [-0.05, 0) is 0 Å². The van der Waals surface area contributed by atoms with Gasteiger partial charge in [0.25, 0.3) is 0 Å². The lowest BCUT2D eigenvalue weighted by molar-refractivity contribution is -0.147. The van der Waals surface area contributed by atoms with Crippen LogP contribution in [-0.2, 0) is 38.4 Å². The van der Waals surface area contributed by atoms with Crippen molar-refractivity contribution in [3.63, 3.8) is 0 Å². The molecule has 0 unspecified atom stereocenters. The minimum Gasteiger partial charge on any atom is -0.481 e. The van der Waals surface area contributed by atoms with Crippen molar-refractivity contribution < 1.29 is 48.6 Å². The lowest BCUT2D eigenvalue weighted by Gasteiger charge is -2.19. The highest BCUT2D eigenvalue weighted by molar-refractivity contribution is 7.80. The summed E-state index contributed by atoms with van der Waals surface area (Å²) in [5.41, 5.74) is 5.46. The quantitative estimate of drug-likeness (QED) is 0.0648. The van der Waals surface area contributed by atoms with Crippen LogP contribution in [0.15, 0.2) is 0 Å². The predicted molar refractivity (Wildman–Crippen MR) is 144 cm³/mol. The Morgan fingerprint density at radius 1 is 0.590 bits per heavy atom. The van der Waals surface area contributed by atoms with E-state index in [0.717, 1.165) is 0 Å². The maximum absolute atomic E-state index is 12.3. The second-order valence-corrected chi connectivity index (χ2v) is 8.70. The van der Waals surface area contributed by atoms with Gasteiger partial charge in [0, 0.05) is 17.3 Å². The normalized spacial score (nSPS) is 13.4. The van der Waals surface area contributed by atoms with Crippen LogP contribution in [0.4, 0.5) is 0 Å². The van der Waals surface area contributed by atoms with Gasteiger partial charge in [0.15, 0.2) is 0 Å². The predicted octanol–water partition coefficient (Wildman–Crippen LogP) is -5.53. The van der Waals surface area contributed by atoms with Crippen LogP contribution in [0.25, 0.3) is 0 Å². The number of aliphatic carboxylic acids is 2. The second kappa shape index (κ2) is 18.9. The Morgan fingerprint density at radius 2 is 0.949 bits per heavy atom. The van der Waals surface area contributed by atoms with Crippen molar-refractivity contribution in [3.8, 4) is 0 Å². The van der Waals surface area contributed by atoms with E-state index < -0.39 is 97.6 Å². The summed E-state index contributed by atoms with van der Waals surface area (Å²) in [6.45, 7) is -1.80. The molecular formula is C19H31N7O10S3. The maximum atomic E-state index is 12.3. The van der Waals surface area contributed by atoms with Crippen molar-refractivity contribution >= 4 is 85.3 Å². The molecule has 0 rings (SSSR count). The Labute approximate surface area is 238 Å². The molecule has 6 amide bonds. The van der Waals surface area contributed by atoms with Crippen LogP contribution in [0, 0.1) is 0 Å². The van der Waals surface area contributed by atoms with Gasteiger partial charge in [-0.15, -0.1) is 0 Å². The molecule has 0 aliphatic carbocycles. The summed E-state index contributed by atoms with van der Waals surface area (Å²) in [6, 6.07) is -5.05. The second-order valence-electron chi connectivity index (χ2n) is 7.60. The molecule has 10 N–H and O–H groups in total. The van der Waals surface area contributed by atoms with Crippen molar-refractivity contribution in [2.75, 3.05) is 36.9 Å². The van der Waals surface area contributed by atoms with Crippen LogP contribution >= 0.6 is 37.9 Å². The number of amides is 6. The number of rotatable bonds is 18. The van der Waals surface area contributed by atoms with Gasteiger partial charge < -0.3 is 47.8 Å². The Morgan fingerprint density at radius 3 is 1.26 bits per heavy atom. The van der Waals surface area contributed by atoms with E-state index in [1.54, 1.807) is 0 Å². The molecule has 0 aromatic rings. The number of nitrogens with one attached hydrogen (secondary N) is 6. The Hall–Kier alpha value is -3.23. The average Bonchev–Trinajstić information content (AvgIpc) is 2.89. The standard InChI is InChI=1S/C19H31N7O10S3/c20-8(5-37)16(32)21-2-13(28)25-10(6-38)18(34)23-4-14(29)26-11(7-39)17(33)22-3-12(27)24-9(19(35)36)1-15(30)31/h8-11,37-39H,1-7,20H2,(H,21,32)(H,22,33)(H,23,34)(H,24,27)(H,25,28)(H,26,29)(H,30,31)(H,35,36)/t8-,9-,10-,11-/m0/s1. The van der Waals surface area contributed by atoms with Crippen LogP contribution < -0.4 is 37.6 Å². The minimum atomic E-state index is -1.71. The number of hydrogen-bond donors (Lipinski definition) is 12. The molecule has 0 aromatic carbocycles. The van der Waals surface area contributed by atoms with Crippen molar-refractivity contribution in [2.24, 2.45) is 5.73 Å². The fraction of sp³-hybridized carbons (Fsp3) is 0.579. The van der Waals surface area contributed by atoms with E-state index in [1.807, 2.05) is 5.32 Å². The first-order chi connectivity index (χ1) is 18.2. The number of carboxylic acids is 2. The minimum absolute atomic E-state index is 0.0596.